The van der Waals surface area contributed by atoms with Gasteiger partial charge in [0.2, 0.25) is 0 Å². The van der Waals surface area contributed by atoms with E-state index in [1.165, 1.54) is 14.0 Å². The van der Waals surface area contributed by atoms with E-state index in [0.717, 1.165) is 0 Å². The smallest absolute Gasteiger partial charge is 0.324 e. The van der Waals surface area contributed by atoms with E-state index in [0.29, 0.717) is 0 Å². The van der Waals surface area contributed by atoms with Gasteiger partial charge in [0.1, 0.15) is 6.61 Å². The fourth-order valence-electron chi connectivity index (χ4n) is 0.854. The molecule has 0 fully saturated rings. The molecule has 0 heterocycles. The van der Waals surface area contributed by atoms with E-state index in [4.69, 9.17) is 5.26 Å². The van der Waals surface area contributed by atoms with Crippen LogP contribution in [0.1, 0.15) is 13.3 Å². The summed E-state index contributed by atoms with van der Waals surface area (Å²) in [7, 11) is -2.15. The number of methoxy groups -OCH3 is 1. The van der Waals surface area contributed by atoms with Gasteiger partial charge in [-0.3, -0.25) is 4.79 Å². The van der Waals surface area contributed by atoms with Gasteiger partial charge in [-0.1, -0.05) is 0 Å². The third-order valence-electron chi connectivity index (χ3n) is 1.90. The standard InChI is InChI=1S/C9H15NO5S/c1-8(9(11)15-6-5-14-2)16(12,13)7-3-4-10/h8H,3,5-7H2,1-2H3. The van der Waals surface area contributed by atoms with Crippen LogP contribution in [0.2, 0.25) is 0 Å². The second-order valence-corrected chi connectivity index (χ2v) is 5.52. The van der Waals surface area contributed by atoms with Crippen molar-refractivity contribution in [2.45, 2.75) is 18.6 Å². The fourth-order valence-corrected chi connectivity index (χ4v) is 1.94. The number of carbonyl (C=O) groups excluding carboxylic acids is 1. The molecule has 0 aromatic heterocycles. The van der Waals surface area contributed by atoms with Crippen LogP contribution < -0.4 is 0 Å². The Morgan fingerprint density at radius 1 is 1.44 bits per heavy atom. The zero-order chi connectivity index (χ0) is 12.6. The maximum Gasteiger partial charge on any atom is 0.324 e. The molecule has 0 rings (SSSR count). The third-order valence-corrected chi connectivity index (χ3v) is 3.94. The number of hydrogen-bond donors (Lipinski definition) is 0. The Morgan fingerprint density at radius 2 is 2.06 bits per heavy atom. The van der Waals surface area contributed by atoms with Gasteiger partial charge in [0.25, 0.3) is 0 Å². The first-order valence-electron chi connectivity index (χ1n) is 4.69. The summed E-state index contributed by atoms with van der Waals surface area (Å²) in [6, 6.07) is 1.72. The van der Waals surface area contributed by atoms with Gasteiger partial charge in [0.05, 0.1) is 18.4 Å². The molecule has 0 amide bonds. The highest BCUT2D eigenvalue weighted by Crippen LogP contribution is 2.05. The van der Waals surface area contributed by atoms with Crippen LogP contribution in [0.25, 0.3) is 0 Å². The minimum atomic E-state index is -3.60. The van der Waals surface area contributed by atoms with E-state index in [9.17, 15) is 13.2 Å². The van der Waals surface area contributed by atoms with Gasteiger partial charge in [-0.2, -0.15) is 5.26 Å². The lowest BCUT2D eigenvalue weighted by Gasteiger charge is -2.11. The molecule has 1 atom stereocenters. The first-order valence-corrected chi connectivity index (χ1v) is 6.41. The van der Waals surface area contributed by atoms with Crippen LogP contribution in [-0.4, -0.2) is 45.7 Å². The van der Waals surface area contributed by atoms with Gasteiger partial charge in [0, 0.05) is 13.5 Å². The molecule has 0 N–H and O–H groups in total. The van der Waals surface area contributed by atoms with E-state index >= 15 is 0 Å². The summed E-state index contributed by atoms with van der Waals surface area (Å²) in [6.07, 6.45) is -0.127. The third kappa shape index (κ3) is 5.09. The van der Waals surface area contributed by atoms with Crippen molar-refractivity contribution in [3.05, 3.63) is 0 Å². The zero-order valence-corrected chi connectivity index (χ0v) is 10.1. The number of hydrogen-bond acceptors (Lipinski definition) is 6. The minimum Gasteiger partial charge on any atom is -0.462 e. The molecule has 0 aliphatic heterocycles. The molecule has 0 aliphatic rings. The van der Waals surface area contributed by atoms with E-state index in [2.05, 4.69) is 9.47 Å². The molecular formula is C9H15NO5S. The SMILES string of the molecule is COCCOC(=O)C(C)S(=O)(=O)CCC#N. The number of esters is 1. The largest absolute Gasteiger partial charge is 0.462 e. The Labute approximate surface area is 95.1 Å². The van der Waals surface area contributed by atoms with Crippen molar-refractivity contribution in [2.24, 2.45) is 0 Å². The van der Waals surface area contributed by atoms with E-state index in [1.807, 2.05) is 0 Å². The molecule has 0 bridgehead atoms. The first-order chi connectivity index (χ1) is 7.45. The maximum absolute atomic E-state index is 11.5. The molecule has 7 heteroatoms. The molecule has 0 saturated carbocycles. The van der Waals surface area contributed by atoms with Crippen molar-refractivity contribution in [3.8, 4) is 6.07 Å². The molecule has 0 radical (unpaired) electrons. The van der Waals surface area contributed by atoms with E-state index in [-0.39, 0.29) is 25.4 Å². The molecular weight excluding hydrogens is 234 g/mol. The number of nitriles is 1. The monoisotopic (exact) mass is 249 g/mol. The fraction of sp³-hybridized carbons (Fsp3) is 0.778. The van der Waals surface area contributed by atoms with E-state index < -0.39 is 21.1 Å². The Balaban J connectivity index is 4.26. The highest BCUT2D eigenvalue weighted by Gasteiger charge is 2.28. The van der Waals surface area contributed by atoms with Gasteiger partial charge in [0.15, 0.2) is 15.1 Å². The highest BCUT2D eigenvalue weighted by atomic mass is 32.2. The first kappa shape index (κ1) is 14.9. The zero-order valence-electron chi connectivity index (χ0n) is 9.30. The normalized spacial score (nSPS) is 12.8. The van der Waals surface area contributed by atoms with Gasteiger partial charge in [-0.15, -0.1) is 0 Å². The highest BCUT2D eigenvalue weighted by molar-refractivity contribution is 7.92. The summed E-state index contributed by atoms with van der Waals surface area (Å²) in [6.45, 7) is 1.49. The van der Waals surface area contributed by atoms with Crippen molar-refractivity contribution in [3.63, 3.8) is 0 Å². The topological polar surface area (TPSA) is 93.5 Å². The Kier molecular flexibility index (Phi) is 6.69. The molecule has 6 nitrogen and oxygen atoms in total. The predicted octanol–water partition coefficient (Wildman–Crippen LogP) is -0.107. The van der Waals surface area contributed by atoms with Crippen molar-refractivity contribution < 1.29 is 22.7 Å². The van der Waals surface area contributed by atoms with Crippen LogP contribution in [0.15, 0.2) is 0 Å². The predicted molar refractivity (Wildman–Crippen MR) is 56.3 cm³/mol. The summed E-state index contributed by atoms with van der Waals surface area (Å²) >= 11 is 0. The summed E-state index contributed by atoms with van der Waals surface area (Å²) in [5, 5.41) is 7.04. The second-order valence-electron chi connectivity index (χ2n) is 3.08. The lowest BCUT2D eigenvalue weighted by atomic mass is 10.5. The van der Waals surface area contributed by atoms with Gasteiger partial charge in [-0.05, 0) is 6.92 Å². The quantitative estimate of drug-likeness (QED) is 0.461. The minimum absolute atomic E-state index is 0.0213. The molecule has 0 aromatic rings. The average molecular weight is 249 g/mol. The lowest BCUT2D eigenvalue weighted by molar-refractivity contribution is -0.144. The van der Waals surface area contributed by atoms with Gasteiger partial charge in [-0.25, -0.2) is 8.42 Å². The second kappa shape index (κ2) is 7.19. The van der Waals surface area contributed by atoms with Crippen LogP contribution in [-0.2, 0) is 24.1 Å². The molecule has 0 aromatic carbocycles. The van der Waals surface area contributed by atoms with Crippen molar-refractivity contribution in [1.82, 2.24) is 0 Å². The van der Waals surface area contributed by atoms with Crippen molar-refractivity contribution >= 4 is 15.8 Å². The number of rotatable bonds is 7. The van der Waals surface area contributed by atoms with Crippen LogP contribution >= 0.6 is 0 Å². The van der Waals surface area contributed by atoms with Gasteiger partial charge < -0.3 is 9.47 Å². The Morgan fingerprint density at radius 3 is 2.56 bits per heavy atom. The lowest BCUT2D eigenvalue weighted by Crippen LogP contribution is -2.31. The molecule has 0 spiro atoms. The number of ether oxygens (including phenoxy) is 2. The number of sulfone groups is 1. The van der Waals surface area contributed by atoms with Gasteiger partial charge >= 0.3 is 5.97 Å². The number of nitrogens with zero attached hydrogens (tertiary/aromatic N) is 1. The summed E-state index contributed by atoms with van der Waals surface area (Å²) in [5.41, 5.74) is 0. The van der Waals surface area contributed by atoms with Crippen LogP contribution in [0.3, 0.4) is 0 Å². The van der Waals surface area contributed by atoms with Crippen LogP contribution in [0.5, 0.6) is 0 Å². The molecule has 0 saturated heterocycles. The maximum atomic E-state index is 11.5. The Hall–Kier alpha value is -1.13. The molecule has 16 heavy (non-hydrogen) atoms. The molecule has 1 unspecified atom stereocenters. The Bertz CT molecular complexity index is 357. The van der Waals surface area contributed by atoms with Crippen molar-refractivity contribution in [2.75, 3.05) is 26.1 Å². The van der Waals surface area contributed by atoms with E-state index in [1.54, 1.807) is 6.07 Å². The summed E-state index contributed by atoms with van der Waals surface area (Å²) in [4.78, 5) is 11.3. The summed E-state index contributed by atoms with van der Waals surface area (Å²) < 4.78 is 32.3. The van der Waals surface area contributed by atoms with Crippen LogP contribution in [0.4, 0.5) is 0 Å². The average Bonchev–Trinajstić information content (AvgIpc) is 2.25. The van der Waals surface area contributed by atoms with Crippen molar-refractivity contribution in [1.29, 1.82) is 5.26 Å². The molecule has 0 aliphatic carbocycles. The molecule has 92 valence electrons. The number of carbonyl (C=O) groups is 1. The summed E-state index contributed by atoms with van der Waals surface area (Å²) in [5.74, 6) is -1.14. The van der Waals surface area contributed by atoms with Crippen LogP contribution in [0, 0.1) is 11.3 Å².